The number of pyridine rings is 1. The summed E-state index contributed by atoms with van der Waals surface area (Å²) < 4.78 is 0. The van der Waals surface area contributed by atoms with Gasteiger partial charge in [0.2, 0.25) is 5.91 Å². The van der Waals surface area contributed by atoms with Crippen molar-refractivity contribution in [2.75, 3.05) is 18.0 Å². The van der Waals surface area contributed by atoms with Crippen molar-refractivity contribution in [3.8, 4) is 11.1 Å². The van der Waals surface area contributed by atoms with Gasteiger partial charge < -0.3 is 10.6 Å². The maximum absolute atomic E-state index is 11.2. The quantitative estimate of drug-likeness (QED) is 0.926. The average molecular weight is 267 g/mol. The Morgan fingerprint density at radius 1 is 1.20 bits per heavy atom. The van der Waals surface area contributed by atoms with Crippen molar-refractivity contribution in [1.82, 2.24) is 4.98 Å². The van der Waals surface area contributed by atoms with E-state index in [0.29, 0.717) is 0 Å². The maximum Gasteiger partial charge on any atom is 0.222 e. The van der Waals surface area contributed by atoms with Gasteiger partial charge in [-0.05, 0) is 35.7 Å². The molecule has 0 spiro atoms. The third-order valence-electron chi connectivity index (χ3n) is 3.82. The molecule has 4 heteroatoms. The molecule has 1 aliphatic heterocycles. The van der Waals surface area contributed by atoms with Crippen LogP contribution in [0.3, 0.4) is 0 Å². The first-order valence-electron chi connectivity index (χ1n) is 6.79. The lowest BCUT2D eigenvalue weighted by Crippen LogP contribution is -2.27. The first-order chi connectivity index (χ1) is 9.74. The van der Waals surface area contributed by atoms with E-state index >= 15 is 0 Å². The molecular weight excluding hydrogens is 250 g/mol. The monoisotopic (exact) mass is 267 g/mol. The molecule has 0 bridgehead atoms. The molecule has 1 atom stereocenters. The van der Waals surface area contributed by atoms with E-state index in [2.05, 4.69) is 34.1 Å². The van der Waals surface area contributed by atoms with E-state index in [9.17, 15) is 4.79 Å². The van der Waals surface area contributed by atoms with E-state index in [-0.39, 0.29) is 11.8 Å². The number of nitrogens with zero attached hydrogens (tertiary/aromatic N) is 2. The van der Waals surface area contributed by atoms with Gasteiger partial charge in [-0.1, -0.05) is 18.2 Å². The highest BCUT2D eigenvalue weighted by Gasteiger charge is 2.26. The van der Waals surface area contributed by atoms with Crippen LogP contribution in [0.5, 0.6) is 0 Å². The second kappa shape index (κ2) is 5.33. The summed E-state index contributed by atoms with van der Waals surface area (Å²) in [5, 5.41) is 0. The van der Waals surface area contributed by atoms with Crippen LogP contribution in [-0.4, -0.2) is 24.0 Å². The number of nitrogens with two attached hydrogens (primary N) is 1. The minimum Gasteiger partial charge on any atom is -0.371 e. The van der Waals surface area contributed by atoms with Crippen molar-refractivity contribution in [1.29, 1.82) is 0 Å². The minimum absolute atomic E-state index is 0.0204. The fraction of sp³-hybridized carbons (Fsp3) is 0.250. The van der Waals surface area contributed by atoms with Crippen molar-refractivity contribution in [2.24, 2.45) is 11.7 Å². The lowest BCUT2D eigenvalue weighted by atomic mass is 10.1. The molecule has 2 heterocycles. The van der Waals surface area contributed by atoms with Crippen LogP contribution in [0.15, 0.2) is 48.8 Å². The van der Waals surface area contributed by atoms with Gasteiger partial charge in [0.15, 0.2) is 0 Å². The number of hydrogen-bond acceptors (Lipinski definition) is 3. The van der Waals surface area contributed by atoms with Gasteiger partial charge in [0, 0.05) is 31.2 Å². The van der Waals surface area contributed by atoms with E-state index < -0.39 is 0 Å². The van der Waals surface area contributed by atoms with E-state index in [1.807, 2.05) is 18.3 Å². The zero-order valence-electron chi connectivity index (χ0n) is 11.2. The molecule has 4 nitrogen and oxygen atoms in total. The Morgan fingerprint density at radius 3 is 2.60 bits per heavy atom. The second-order valence-electron chi connectivity index (χ2n) is 5.12. The molecule has 1 saturated heterocycles. The summed E-state index contributed by atoms with van der Waals surface area (Å²) in [5.74, 6) is -0.215. The summed E-state index contributed by atoms with van der Waals surface area (Å²) in [5.41, 5.74) is 8.76. The molecule has 102 valence electrons. The zero-order chi connectivity index (χ0) is 13.9. The van der Waals surface area contributed by atoms with Crippen molar-refractivity contribution >= 4 is 11.6 Å². The van der Waals surface area contributed by atoms with Gasteiger partial charge in [-0.3, -0.25) is 9.78 Å². The normalized spacial score (nSPS) is 18.2. The number of hydrogen-bond donors (Lipinski definition) is 1. The number of rotatable bonds is 3. The number of carbonyl (C=O) groups excluding carboxylic acids is 1. The third-order valence-corrected chi connectivity index (χ3v) is 3.82. The Hall–Kier alpha value is -2.36. The first kappa shape index (κ1) is 12.7. The van der Waals surface area contributed by atoms with E-state index in [1.54, 1.807) is 6.20 Å². The highest BCUT2D eigenvalue weighted by atomic mass is 16.1. The van der Waals surface area contributed by atoms with E-state index in [0.717, 1.165) is 36.3 Å². The van der Waals surface area contributed by atoms with E-state index in [4.69, 9.17) is 5.73 Å². The van der Waals surface area contributed by atoms with Gasteiger partial charge in [0.1, 0.15) is 0 Å². The van der Waals surface area contributed by atoms with Crippen LogP contribution in [0.1, 0.15) is 6.42 Å². The molecule has 1 aromatic heterocycles. The summed E-state index contributed by atoms with van der Waals surface area (Å²) in [6.45, 7) is 1.61. The Morgan fingerprint density at radius 2 is 2.00 bits per heavy atom. The number of amides is 1. The number of benzene rings is 1. The Kier molecular flexibility index (Phi) is 3.37. The van der Waals surface area contributed by atoms with Crippen molar-refractivity contribution in [3.05, 3.63) is 48.8 Å². The smallest absolute Gasteiger partial charge is 0.222 e. The zero-order valence-corrected chi connectivity index (χ0v) is 11.2. The molecule has 1 fully saturated rings. The van der Waals surface area contributed by atoms with Gasteiger partial charge in [-0.2, -0.15) is 0 Å². The van der Waals surface area contributed by atoms with Crippen LogP contribution in [0.4, 0.5) is 5.69 Å². The van der Waals surface area contributed by atoms with Crippen LogP contribution in [0.25, 0.3) is 11.1 Å². The summed E-state index contributed by atoms with van der Waals surface area (Å²) >= 11 is 0. The minimum atomic E-state index is -0.195. The number of anilines is 1. The Balaban J connectivity index is 1.76. The summed E-state index contributed by atoms with van der Waals surface area (Å²) in [7, 11) is 0. The number of carbonyl (C=O) groups is 1. The summed E-state index contributed by atoms with van der Waals surface area (Å²) in [4.78, 5) is 17.5. The highest BCUT2D eigenvalue weighted by Crippen LogP contribution is 2.26. The molecule has 0 saturated carbocycles. The SMILES string of the molecule is NC(=O)C1CCN(c2ccc(-c3cccnc3)cc2)C1. The molecule has 1 aliphatic rings. The van der Waals surface area contributed by atoms with Crippen LogP contribution < -0.4 is 10.6 Å². The van der Waals surface area contributed by atoms with E-state index in [1.165, 1.54) is 0 Å². The van der Waals surface area contributed by atoms with Crippen molar-refractivity contribution in [3.63, 3.8) is 0 Å². The largest absolute Gasteiger partial charge is 0.371 e. The molecule has 1 unspecified atom stereocenters. The van der Waals surface area contributed by atoms with Crippen LogP contribution in [-0.2, 0) is 4.79 Å². The fourth-order valence-electron chi connectivity index (χ4n) is 2.63. The molecule has 2 aromatic rings. The van der Waals surface area contributed by atoms with Gasteiger partial charge in [-0.25, -0.2) is 0 Å². The Labute approximate surface area is 118 Å². The maximum atomic E-state index is 11.2. The van der Waals surface area contributed by atoms with Crippen LogP contribution in [0.2, 0.25) is 0 Å². The van der Waals surface area contributed by atoms with Gasteiger partial charge >= 0.3 is 0 Å². The standard InChI is InChI=1S/C16H17N3O/c17-16(20)14-7-9-19(11-14)15-5-3-12(4-6-15)13-2-1-8-18-10-13/h1-6,8,10,14H,7,9,11H2,(H2,17,20). The third kappa shape index (κ3) is 2.50. The number of aromatic nitrogens is 1. The highest BCUT2D eigenvalue weighted by molar-refractivity contribution is 5.78. The predicted octanol–water partition coefficient (Wildman–Crippen LogP) is 2.06. The molecule has 1 aromatic carbocycles. The molecular formula is C16H17N3O. The molecule has 2 N–H and O–H groups in total. The number of primary amides is 1. The lowest BCUT2D eigenvalue weighted by molar-refractivity contribution is -0.121. The second-order valence-corrected chi connectivity index (χ2v) is 5.12. The Bertz CT molecular complexity index is 595. The molecule has 0 radical (unpaired) electrons. The predicted molar refractivity (Wildman–Crippen MR) is 79.2 cm³/mol. The summed E-state index contributed by atoms with van der Waals surface area (Å²) in [6.07, 6.45) is 4.47. The van der Waals surface area contributed by atoms with Gasteiger partial charge in [0.25, 0.3) is 0 Å². The molecule has 0 aliphatic carbocycles. The van der Waals surface area contributed by atoms with Gasteiger partial charge in [-0.15, -0.1) is 0 Å². The fourth-order valence-corrected chi connectivity index (χ4v) is 2.63. The molecule has 20 heavy (non-hydrogen) atoms. The molecule has 3 rings (SSSR count). The van der Waals surface area contributed by atoms with Crippen LogP contribution in [0, 0.1) is 5.92 Å². The average Bonchev–Trinajstić information content (AvgIpc) is 2.98. The molecule has 1 amide bonds. The van der Waals surface area contributed by atoms with Crippen molar-refractivity contribution < 1.29 is 4.79 Å². The lowest BCUT2D eigenvalue weighted by Gasteiger charge is -2.18. The van der Waals surface area contributed by atoms with Gasteiger partial charge in [0.05, 0.1) is 5.92 Å². The van der Waals surface area contributed by atoms with Crippen molar-refractivity contribution in [2.45, 2.75) is 6.42 Å². The topological polar surface area (TPSA) is 59.2 Å². The first-order valence-corrected chi connectivity index (χ1v) is 6.79. The summed E-state index contributed by atoms with van der Waals surface area (Å²) in [6, 6.07) is 12.3. The van der Waals surface area contributed by atoms with Crippen LogP contribution >= 0.6 is 0 Å².